The number of aliphatic hydroxyl groups is 1. The van der Waals surface area contributed by atoms with E-state index >= 15 is 0 Å². The molecule has 0 unspecified atom stereocenters. The van der Waals surface area contributed by atoms with E-state index in [1.165, 1.54) is 28.7 Å². The summed E-state index contributed by atoms with van der Waals surface area (Å²) in [5.41, 5.74) is 1.61. The van der Waals surface area contributed by atoms with Gasteiger partial charge in [-0.25, -0.2) is 9.55 Å². The van der Waals surface area contributed by atoms with Gasteiger partial charge in [-0.2, -0.15) is 0 Å². The van der Waals surface area contributed by atoms with Gasteiger partial charge in [0.1, 0.15) is 17.6 Å². The van der Waals surface area contributed by atoms with Gasteiger partial charge in [-0.05, 0) is 67.2 Å². The molecule has 3 aliphatic carbocycles. The van der Waals surface area contributed by atoms with E-state index in [9.17, 15) is 14.7 Å². The van der Waals surface area contributed by atoms with E-state index in [1.54, 1.807) is 7.11 Å². The van der Waals surface area contributed by atoms with Gasteiger partial charge in [0.2, 0.25) is 0 Å². The minimum absolute atomic E-state index is 0.0524. The van der Waals surface area contributed by atoms with E-state index in [1.807, 2.05) is 42.9 Å². The molecule has 2 aromatic heterocycles. The molecule has 2 bridgehead atoms. The van der Waals surface area contributed by atoms with Gasteiger partial charge >= 0.3 is 5.97 Å². The molecule has 3 saturated carbocycles. The summed E-state index contributed by atoms with van der Waals surface area (Å²) >= 11 is 2.89. The Labute approximate surface area is 286 Å². The van der Waals surface area contributed by atoms with Gasteiger partial charge in [0.25, 0.3) is 0 Å². The number of ether oxygens (including phenoxy) is 2. The Morgan fingerprint density at radius 2 is 1.89 bits per heavy atom. The second-order valence-electron chi connectivity index (χ2n) is 14.5. The number of benzene rings is 1. The number of nitrogens with zero attached hydrogens (tertiary/aromatic N) is 2. The number of methoxy groups -OCH3 is 1. The summed E-state index contributed by atoms with van der Waals surface area (Å²) in [7, 11) is 1.67. The highest BCUT2D eigenvalue weighted by Gasteiger charge is 2.68. The smallest absolute Gasteiger partial charge is 0.316 e. The van der Waals surface area contributed by atoms with Crippen molar-refractivity contribution < 1.29 is 28.7 Å². The summed E-state index contributed by atoms with van der Waals surface area (Å²) in [6.45, 7) is 13.4. The van der Waals surface area contributed by atoms with Gasteiger partial charge in [-0.15, -0.1) is 17.9 Å². The quantitative estimate of drug-likeness (QED) is 0.112. The highest BCUT2D eigenvalue weighted by molar-refractivity contribution is 8.01. The van der Waals surface area contributed by atoms with Crippen LogP contribution < -0.4 is 9.30 Å². The van der Waals surface area contributed by atoms with Crippen molar-refractivity contribution in [3.63, 3.8) is 0 Å². The van der Waals surface area contributed by atoms with Crippen molar-refractivity contribution >= 4 is 34.9 Å². The summed E-state index contributed by atoms with van der Waals surface area (Å²) in [6, 6.07) is 12.2. The number of aromatic nitrogens is 2. The SMILES string of the molecule is C=C[C@]1(C)C[C@@H](OC(=O)CSc2nc(-c3cc[n+](Cc4ccc(OC)cc4)cc3)cs2)[C@]2(C)[C@H](C)CC[C@]3(CCC(=O)[C@H]32)[C@@H](C)[C@@H]1O. The van der Waals surface area contributed by atoms with E-state index in [0.717, 1.165) is 47.2 Å². The van der Waals surface area contributed by atoms with Crippen LogP contribution in [0.25, 0.3) is 11.3 Å². The Morgan fingerprint density at radius 3 is 2.57 bits per heavy atom. The van der Waals surface area contributed by atoms with Crippen molar-refractivity contribution in [2.45, 2.75) is 82.9 Å². The molecule has 0 amide bonds. The van der Waals surface area contributed by atoms with Gasteiger partial charge in [0.15, 0.2) is 23.3 Å². The molecule has 8 atom stereocenters. The van der Waals surface area contributed by atoms with E-state index in [0.29, 0.717) is 12.8 Å². The Morgan fingerprint density at radius 1 is 1.17 bits per heavy atom. The summed E-state index contributed by atoms with van der Waals surface area (Å²) in [4.78, 5) is 32.0. The standard InChI is InChI=1S/C38H47N2O5S2/c1-7-36(4)20-31(37(5)24(2)12-16-38(25(3)34(36)43)17-13-30(41)33(37)38)45-32(42)23-47-35-39-29(22-46-35)27-14-18-40(19-15-27)21-26-8-10-28(44-6)11-9-26/h7-11,14-15,18-19,22,24-25,31,33-34,43H,1,12-13,16-17,20-21,23H2,2-6H3/q+1/t24-,25+,31-,33+,34+,36-,37+,38+/m1/s1. The van der Waals surface area contributed by atoms with Crippen LogP contribution in [0.1, 0.15) is 65.4 Å². The van der Waals surface area contributed by atoms with Crippen LogP contribution in [0.4, 0.5) is 0 Å². The third-order valence-electron chi connectivity index (χ3n) is 12.1. The number of esters is 1. The molecule has 1 N–H and O–H groups in total. The van der Waals surface area contributed by atoms with Gasteiger partial charge in [0, 0.05) is 51.8 Å². The largest absolute Gasteiger partial charge is 0.497 e. The minimum Gasteiger partial charge on any atom is -0.497 e. The van der Waals surface area contributed by atoms with Crippen molar-refractivity contribution in [2.24, 2.45) is 34.0 Å². The maximum Gasteiger partial charge on any atom is 0.316 e. The summed E-state index contributed by atoms with van der Waals surface area (Å²) in [5.74, 6) is 0.826. The average Bonchev–Trinajstić information content (AvgIpc) is 3.70. The molecule has 3 aromatic rings. The molecule has 2 heterocycles. The van der Waals surface area contributed by atoms with Crippen molar-refractivity contribution in [1.29, 1.82) is 0 Å². The number of hydrogen-bond acceptors (Lipinski definition) is 8. The topological polar surface area (TPSA) is 89.6 Å². The number of thiazole rings is 1. The van der Waals surface area contributed by atoms with E-state index in [-0.39, 0.29) is 40.7 Å². The Bertz CT molecular complexity index is 1620. The van der Waals surface area contributed by atoms with E-state index in [2.05, 4.69) is 56.2 Å². The molecular formula is C38H47N2O5S2+. The number of Topliss-reactive ketones (excluding diaryl/α,β-unsaturated/α-hetero) is 1. The molecule has 1 aromatic carbocycles. The minimum atomic E-state index is -0.675. The van der Waals surface area contributed by atoms with Crippen LogP contribution in [0.3, 0.4) is 0 Å². The van der Waals surface area contributed by atoms with Crippen LogP contribution in [-0.4, -0.2) is 46.9 Å². The lowest BCUT2D eigenvalue weighted by atomic mass is 9.44. The maximum atomic E-state index is 13.6. The molecular weight excluding hydrogens is 629 g/mol. The first-order valence-corrected chi connectivity index (χ1v) is 18.5. The Kier molecular flexibility index (Phi) is 9.46. The fraction of sp³-hybridized carbons (Fsp3) is 0.526. The van der Waals surface area contributed by atoms with Gasteiger partial charge in [-0.1, -0.05) is 45.5 Å². The third kappa shape index (κ3) is 6.08. The third-order valence-corrected chi connectivity index (χ3v) is 14.1. The number of aliphatic hydroxyl groups excluding tert-OH is 1. The molecule has 7 nitrogen and oxygen atoms in total. The van der Waals surface area contributed by atoms with Crippen LogP contribution >= 0.6 is 23.1 Å². The maximum absolute atomic E-state index is 13.6. The molecule has 0 radical (unpaired) electrons. The van der Waals surface area contributed by atoms with Crippen LogP contribution in [0.15, 0.2) is 71.2 Å². The van der Waals surface area contributed by atoms with Crippen LogP contribution in [-0.2, 0) is 20.9 Å². The highest BCUT2D eigenvalue weighted by atomic mass is 32.2. The number of thioether (sulfide) groups is 1. The lowest BCUT2D eigenvalue weighted by Gasteiger charge is -2.61. The lowest BCUT2D eigenvalue weighted by molar-refractivity contribution is -0.688. The molecule has 3 fully saturated rings. The lowest BCUT2D eigenvalue weighted by Crippen LogP contribution is -2.63. The average molecular weight is 676 g/mol. The van der Waals surface area contributed by atoms with E-state index in [4.69, 9.17) is 14.5 Å². The summed E-state index contributed by atoms with van der Waals surface area (Å²) < 4.78 is 14.6. The van der Waals surface area contributed by atoms with Gasteiger partial charge < -0.3 is 14.6 Å². The first-order chi connectivity index (χ1) is 22.4. The first kappa shape index (κ1) is 33.9. The van der Waals surface area contributed by atoms with Crippen molar-refractivity contribution in [1.82, 2.24) is 4.98 Å². The second-order valence-corrected chi connectivity index (χ2v) is 16.5. The normalized spacial score (nSPS) is 33.4. The molecule has 0 saturated heterocycles. The Balaban J connectivity index is 1.14. The Hall–Kier alpha value is -3.01. The van der Waals surface area contributed by atoms with Crippen LogP contribution in [0.2, 0.25) is 0 Å². The van der Waals surface area contributed by atoms with Crippen molar-refractivity contribution in [3.8, 4) is 17.0 Å². The summed E-state index contributed by atoms with van der Waals surface area (Å²) in [6.07, 6.45) is 8.36. The number of carbonyl (C=O) groups excluding carboxylic acids is 2. The number of ketones is 1. The number of hydrogen-bond donors (Lipinski definition) is 1. The molecule has 3 aliphatic rings. The monoisotopic (exact) mass is 675 g/mol. The molecule has 6 rings (SSSR count). The van der Waals surface area contributed by atoms with Gasteiger partial charge in [-0.3, -0.25) is 9.59 Å². The van der Waals surface area contributed by atoms with Crippen LogP contribution in [0.5, 0.6) is 5.75 Å². The van der Waals surface area contributed by atoms with Crippen molar-refractivity contribution in [2.75, 3.05) is 12.9 Å². The fourth-order valence-electron chi connectivity index (χ4n) is 8.95. The molecule has 9 heteroatoms. The zero-order chi connectivity index (χ0) is 33.6. The highest BCUT2D eigenvalue weighted by Crippen LogP contribution is 2.68. The first-order valence-electron chi connectivity index (χ1n) is 16.7. The van der Waals surface area contributed by atoms with Crippen molar-refractivity contribution in [3.05, 3.63) is 72.4 Å². The predicted octanol–water partition coefficient (Wildman–Crippen LogP) is 7.15. The fourth-order valence-corrected chi connectivity index (χ4v) is 10.6. The predicted molar refractivity (Wildman–Crippen MR) is 185 cm³/mol. The van der Waals surface area contributed by atoms with E-state index < -0.39 is 23.0 Å². The zero-order valence-corrected chi connectivity index (χ0v) is 29.7. The summed E-state index contributed by atoms with van der Waals surface area (Å²) in [5, 5.41) is 13.8. The number of carbonyl (C=O) groups is 2. The number of pyridine rings is 1. The molecule has 47 heavy (non-hydrogen) atoms. The molecule has 0 aliphatic heterocycles. The second kappa shape index (κ2) is 13.1. The zero-order valence-electron chi connectivity index (χ0n) is 28.1. The van der Waals surface area contributed by atoms with Gasteiger partial charge in [0.05, 0.1) is 24.7 Å². The van der Waals surface area contributed by atoms with Crippen LogP contribution in [0, 0.1) is 34.0 Å². The molecule has 250 valence electrons. The molecule has 0 spiro atoms. The number of rotatable bonds is 9.